The molecule has 0 aliphatic heterocycles. The summed E-state index contributed by atoms with van der Waals surface area (Å²) in [4.78, 5) is 6.73. The smallest absolute Gasteiger partial charge is 0.241 e. The minimum absolute atomic E-state index is 0.00500. The van der Waals surface area contributed by atoms with Gasteiger partial charge in [0.15, 0.2) is 0 Å². The zero-order valence-electron chi connectivity index (χ0n) is 20.5. The molecule has 3 N–H and O–H groups in total. The third kappa shape index (κ3) is 5.36. The molecule has 0 saturated heterocycles. The number of phenols is 2. The fraction of sp³-hybridized carbons (Fsp3) is 0.250. The van der Waals surface area contributed by atoms with Gasteiger partial charge in [0.1, 0.15) is 17.2 Å². The Balaban J connectivity index is 1.69. The summed E-state index contributed by atoms with van der Waals surface area (Å²) in [6.45, 7) is 7.09. The number of hydrogen-bond donors (Lipinski definition) is 3. The summed E-state index contributed by atoms with van der Waals surface area (Å²) in [7, 11) is -3.86. The van der Waals surface area contributed by atoms with E-state index in [1.54, 1.807) is 30.3 Å². The average molecular weight is 506 g/mol. The van der Waals surface area contributed by atoms with E-state index in [0.29, 0.717) is 29.3 Å². The van der Waals surface area contributed by atoms with E-state index < -0.39 is 10.0 Å². The van der Waals surface area contributed by atoms with Gasteiger partial charge in [0.2, 0.25) is 10.0 Å². The summed E-state index contributed by atoms with van der Waals surface area (Å²) in [6, 6.07) is 19.2. The number of hydrogen-bond acceptors (Lipinski definition) is 6. The fourth-order valence-electron chi connectivity index (χ4n) is 4.35. The van der Waals surface area contributed by atoms with Crippen LogP contribution in [0.3, 0.4) is 0 Å². The molecule has 0 aliphatic carbocycles. The molecular formula is C28H31N3O4S. The number of nitrogens with zero attached hydrogens (tertiary/aromatic N) is 2. The van der Waals surface area contributed by atoms with Crippen molar-refractivity contribution in [1.29, 1.82) is 0 Å². The highest BCUT2D eigenvalue weighted by Crippen LogP contribution is 2.39. The van der Waals surface area contributed by atoms with Crippen LogP contribution in [0.15, 0.2) is 76.6 Å². The summed E-state index contributed by atoms with van der Waals surface area (Å²) in [5.41, 5.74) is 0.751. The molecule has 0 saturated carbocycles. The molecule has 0 heterocycles. The third-order valence-electron chi connectivity index (χ3n) is 6.36. The van der Waals surface area contributed by atoms with E-state index >= 15 is 0 Å². The number of nitrogens with one attached hydrogen (secondary N) is 1. The summed E-state index contributed by atoms with van der Waals surface area (Å²) >= 11 is 0. The maximum atomic E-state index is 13.2. The van der Waals surface area contributed by atoms with Gasteiger partial charge in [-0.3, -0.25) is 4.99 Å². The number of fused-ring (bicyclic) bond motifs is 2. The van der Waals surface area contributed by atoms with Crippen molar-refractivity contribution in [1.82, 2.24) is 9.62 Å². The molecule has 4 aromatic carbocycles. The van der Waals surface area contributed by atoms with Gasteiger partial charge in [-0.2, -0.15) is 0 Å². The highest BCUT2D eigenvalue weighted by molar-refractivity contribution is 7.89. The van der Waals surface area contributed by atoms with Crippen molar-refractivity contribution in [3.8, 4) is 11.5 Å². The molecule has 4 rings (SSSR count). The quantitative estimate of drug-likeness (QED) is 0.204. The van der Waals surface area contributed by atoms with Crippen LogP contribution in [0.5, 0.6) is 11.5 Å². The van der Waals surface area contributed by atoms with Gasteiger partial charge in [-0.15, -0.1) is 0 Å². The fourth-order valence-corrected chi connectivity index (χ4v) is 5.65. The molecule has 0 aliphatic rings. The Hall–Kier alpha value is -3.46. The Morgan fingerprint density at radius 1 is 0.889 bits per heavy atom. The van der Waals surface area contributed by atoms with E-state index in [1.807, 2.05) is 30.3 Å². The Labute approximate surface area is 211 Å². The van der Waals surface area contributed by atoms with E-state index in [-0.39, 0.29) is 22.1 Å². The van der Waals surface area contributed by atoms with Gasteiger partial charge in [0.25, 0.3) is 0 Å². The predicted octanol–water partition coefficient (Wildman–Crippen LogP) is 5.17. The molecule has 8 heteroatoms. The van der Waals surface area contributed by atoms with Crippen LogP contribution in [0, 0.1) is 0 Å². The van der Waals surface area contributed by atoms with Crippen molar-refractivity contribution in [3.05, 3.63) is 72.3 Å². The zero-order valence-corrected chi connectivity index (χ0v) is 21.3. The molecule has 7 nitrogen and oxygen atoms in total. The van der Waals surface area contributed by atoms with E-state index in [2.05, 4.69) is 28.5 Å². The van der Waals surface area contributed by atoms with Crippen LogP contribution >= 0.6 is 0 Å². The van der Waals surface area contributed by atoms with Crippen LogP contribution < -0.4 is 4.72 Å². The lowest BCUT2D eigenvalue weighted by atomic mass is 10.0. The number of phenolic OH excluding ortho intramolecular Hbond substituents is 2. The van der Waals surface area contributed by atoms with Crippen molar-refractivity contribution in [2.24, 2.45) is 4.99 Å². The van der Waals surface area contributed by atoms with Gasteiger partial charge in [0, 0.05) is 35.2 Å². The lowest BCUT2D eigenvalue weighted by Gasteiger charge is -2.18. The van der Waals surface area contributed by atoms with Crippen LogP contribution in [-0.2, 0) is 10.0 Å². The van der Waals surface area contributed by atoms with Crippen LogP contribution in [0.2, 0.25) is 0 Å². The molecule has 0 unspecified atom stereocenters. The van der Waals surface area contributed by atoms with Gasteiger partial charge in [0.05, 0.1) is 4.90 Å². The second-order valence-corrected chi connectivity index (χ2v) is 10.3. The molecule has 188 valence electrons. The molecule has 0 fully saturated rings. The first-order valence-corrected chi connectivity index (χ1v) is 13.6. The Bertz CT molecular complexity index is 1510. The molecule has 0 atom stereocenters. The second kappa shape index (κ2) is 11.1. The molecule has 0 amide bonds. The van der Waals surface area contributed by atoms with Crippen LogP contribution in [0.4, 0.5) is 5.69 Å². The molecular weight excluding hydrogens is 474 g/mol. The first-order chi connectivity index (χ1) is 17.4. The highest BCUT2D eigenvalue weighted by Gasteiger charge is 2.21. The number of aliphatic imine (C=N–C) groups is 1. The predicted molar refractivity (Wildman–Crippen MR) is 146 cm³/mol. The van der Waals surface area contributed by atoms with E-state index in [0.717, 1.165) is 30.4 Å². The minimum atomic E-state index is -3.86. The summed E-state index contributed by atoms with van der Waals surface area (Å²) in [6.07, 6.45) is 2.18. The topological polar surface area (TPSA) is 102 Å². The van der Waals surface area contributed by atoms with Gasteiger partial charge in [-0.25, -0.2) is 13.1 Å². The largest absolute Gasteiger partial charge is 0.507 e. The Morgan fingerprint density at radius 3 is 2.28 bits per heavy atom. The second-order valence-electron chi connectivity index (χ2n) is 8.54. The van der Waals surface area contributed by atoms with Crippen LogP contribution in [-0.4, -0.2) is 55.9 Å². The van der Waals surface area contributed by atoms with Crippen LogP contribution in [0.1, 0.15) is 25.8 Å². The Morgan fingerprint density at radius 2 is 1.56 bits per heavy atom. The van der Waals surface area contributed by atoms with Gasteiger partial charge < -0.3 is 15.1 Å². The first-order valence-electron chi connectivity index (χ1n) is 12.1. The molecule has 0 radical (unpaired) electrons. The zero-order chi connectivity index (χ0) is 25.7. The monoisotopic (exact) mass is 505 g/mol. The maximum absolute atomic E-state index is 13.2. The van der Waals surface area contributed by atoms with Gasteiger partial charge in [-0.05, 0) is 42.9 Å². The summed E-state index contributed by atoms with van der Waals surface area (Å²) in [5, 5.41) is 24.0. The van der Waals surface area contributed by atoms with Crippen molar-refractivity contribution in [2.45, 2.75) is 25.2 Å². The SMILES string of the molecule is CCN(CC)CCCNS(=O)(=O)c1cc(O)c(N=Cc2c(O)ccc3ccccc23)c2ccccc12. The standard InChI is InChI=1S/C28H31N3O4S/c1-3-31(4-2)17-9-16-30-36(34,35)27-18-26(33)28(23-13-8-7-12-22(23)27)29-19-24-21-11-6-5-10-20(21)14-15-25(24)32/h5-8,10-15,18-19,30,32-33H,3-4,9,16-17H2,1-2H3. The molecule has 36 heavy (non-hydrogen) atoms. The third-order valence-corrected chi connectivity index (χ3v) is 7.86. The van der Waals surface area contributed by atoms with Gasteiger partial charge >= 0.3 is 0 Å². The number of benzene rings is 4. The summed E-state index contributed by atoms with van der Waals surface area (Å²) < 4.78 is 29.0. The van der Waals surface area contributed by atoms with Crippen molar-refractivity contribution >= 4 is 43.5 Å². The first kappa shape index (κ1) is 25.6. The lowest BCUT2D eigenvalue weighted by molar-refractivity contribution is 0.300. The van der Waals surface area contributed by atoms with E-state index in [1.165, 1.54) is 12.3 Å². The van der Waals surface area contributed by atoms with Crippen molar-refractivity contribution in [3.63, 3.8) is 0 Å². The van der Waals surface area contributed by atoms with E-state index in [4.69, 9.17) is 0 Å². The maximum Gasteiger partial charge on any atom is 0.241 e. The average Bonchev–Trinajstić information content (AvgIpc) is 2.88. The molecule has 0 bridgehead atoms. The lowest BCUT2D eigenvalue weighted by Crippen LogP contribution is -2.30. The molecule has 0 spiro atoms. The number of aromatic hydroxyl groups is 2. The Kier molecular flexibility index (Phi) is 7.88. The van der Waals surface area contributed by atoms with Crippen molar-refractivity contribution in [2.75, 3.05) is 26.2 Å². The minimum Gasteiger partial charge on any atom is -0.507 e. The number of rotatable bonds is 10. The molecule has 4 aromatic rings. The normalized spacial score (nSPS) is 12.3. The number of sulfonamides is 1. The van der Waals surface area contributed by atoms with Crippen molar-refractivity contribution < 1.29 is 18.6 Å². The summed E-state index contributed by atoms with van der Waals surface area (Å²) in [5.74, 6) is -0.192. The van der Waals surface area contributed by atoms with Gasteiger partial charge in [-0.1, -0.05) is 68.4 Å². The highest BCUT2D eigenvalue weighted by atomic mass is 32.2. The van der Waals surface area contributed by atoms with E-state index in [9.17, 15) is 18.6 Å². The molecule has 0 aromatic heterocycles. The van der Waals surface area contributed by atoms with Crippen LogP contribution in [0.25, 0.3) is 21.5 Å².